The molecule has 6 heteroatoms. The van der Waals surface area contributed by atoms with E-state index in [0.29, 0.717) is 6.54 Å². The third-order valence-electron chi connectivity index (χ3n) is 3.97. The second kappa shape index (κ2) is 4.94. The van der Waals surface area contributed by atoms with Gasteiger partial charge in [0.05, 0.1) is 18.6 Å². The Bertz CT molecular complexity index is 345. The molecule has 0 radical (unpaired) electrons. The van der Waals surface area contributed by atoms with Crippen LogP contribution in [0.2, 0.25) is 0 Å². The first-order valence-corrected chi connectivity index (χ1v) is 6.12. The summed E-state index contributed by atoms with van der Waals surface area (Å²) in [6, 6.07) is -0.0958. The summed E-state index contributed by atoms with van der Waals surface area (Å²) in [4.78, 5) is 20.3. The fourth-order valence-electron chi connectivity index (χ4n) is 3.17. The van der Waals surface area contributed by atoms with Crippen LogP contribution in [0.3, 0.4) is 0 Å². The normalized spacial score (nSPS) is 27.2. The van der Waals surface area contributed by atoms with Crippen molar-refractivity contribution in [1.29, 1.82) is 0 Å². The number of azide groups is 1. The predicted molar refractivity (Wildman–Crippen MR) is 61.8 cm³/mol. The van der Waals surface area contributed by atoms with Crippen LogP contribution < -0.4 is 0 Å². The first-order valence-electron chi connectivity index (χ1n) is 6.12. The third kappa shape index (κ3) is 2.10. The zero-order valence-corrected chi connectivity index (χ0v) is 10.1. The van der Waals surface area contributed by atoms with E-state index in [1.54, 1.807) is 0 Å². The van der Waals surface area contributed by atoms with Crippen molar-refractivity contribution in [3.05, 3.63) is 10.4 Å². The summed E-state index contributed by atoms with van der Waals surface area (Å²) in [7, 11) is 1.50. The van der Waals surface area contributed by atoms with Gasteiger partial charge in [0.1, 0.15) is 0 Å². The second-order valence-electron chi connectivity index (χ2n) is 4.93. The van der Waals surface area contributed by atoms with Crippen molar-refractivity contribution >= 4 is 5.91 Å². The maximum Gasteiger partial charge on any atom is 0.252 e. The van der Waals surface area contributed by atoms with Crippen LogP contribution in [0.25, 0.3) is 10.4 Å². The Morgan fingerprint density at radius 2 is 2.24 bits per heavy atom. The monoisotopic (exact) mass is 238 g/mol. The van der Waals surface area contributed by atoms with Crippen molar-refractivity contribution in [3.8, 4) is 0 Å². The quantitative estimate of drug-likeness (QED) is 0.430. The Morgan fingerprint density at radius 3 is 2.82 bits per heavy atom. The van der Waals surface area contributed by atoms with E-state index < -0.39 is 0 Å². The molecule has 1 unspecified atom stereocenters. The van der Waals surface area contributed by atoms with Gasteiger partial charge < -0.3 is 0 Å². The summed E-state index contributed by atoms with van der Waals surface area (Å²) in [6.07, 6.45) is 6.08. The highest BCUT2D eigenvalue weighted by molar-refractivity contribution is 5.84. The van der Waals surface area contributed by atoms with Gasteiger partial charge in [-0.1, -0.05) is 24.4 Å². The molecule has 1 spiro atoms. The number of carbonyl (C=O) groups excluding carboxylic acids is 1. The fraction of sp³-hybridized carbons (Fsp3) is 0.909. The predicted octanol–water partition coefficient (Wildman–Crippen LogP) is 2.41. The van der Waals surface area contributed by atoms with Crippen LogP contribution in [0.1, 0.15) is 38.5 Å². The Labute approximate surface area is 100 Å². The minimum atomic E-state index is -0.246. The maximum absolute atomic E-state index is 12.4. The lowest BCUT2D eigenvalue weighted by Gasteiger charge is -2.30. The molecule has 17 heavy (non-hydrogen) atoms. The molecule has 0 aromatic carbocycles. The molecule has 1 amide bonds. The summed E-state index contributed by atoms with van der Waals surface area (Å²) in [6.45, 7) is 0.303. The number of hydroxylamine groups is 2. The molecule has 2 aliphatic rings. The van der Waals surface area contributed by atoms with Gasteiger partial charge in [0.15, 0.2) is 0 Å². The van der Waals surface area contributed by atoms with Gasteiger partial charge in [-0.2, -0.15) is 0 Å². The SMILES string of the molecule is CON1C(=O)C2(CCCCC2)CC1CN=[N+]=[N-]. The zero-order valence-electron chi connectivity index (χ0n) is 10.1. The first kappa shape index (κ1) is 12.2. The van der Waals surface area contributed by atoms with Gasteiger partial charge in [-0.3, -0.25) is 9.63 Å². The first-order chi connectivity index (χ1) is 8.23. The van der Waals surface area contributed by atoms with Gasteiger partial charge in [-0.05, 0) is 24.8 Å². The van der Waals surface area contributed by atoms with Crippen molar-refractivity contribution in [3.63, 3.8) is 0 Å². The van der Waals surface area contributed by atoms with E-state index in [9.17, 15) is 4.79 Å². The van der Waals surface area contributed by atoms with Gasteiger partial charge in [0.25, 0.3) is 5.91 Å². The van der Waals surface area contributed by atoms with E-state index in [1.807, 2.05) is 0 Å². The van der Waals surface area contributed by atoms with Crippen molar-refractivity contribution in [2.24, 2.45) is 10.5 Å². The van der Waals surface area contributed by atoms with Crippen molar-refractivity contribution in [2.45, 2.75) is 44.6 Å². The lowest BCUT2D eigenvalue weighted by Crippen LogP contribution is -2.37. The highest BCUT2D eigenvalue weighted by Crippen LogP contribution is 2.47. The molecule has 6 nitrogen and oxygen atoms in total. The van der Waals surface area contributed by atoms with E-state index in [-0.39, 0.29) is 17.4 Å². The van der Waals surface area contributed by atoms with E-state index in [4.69, 9.17) is 10.4 Å². The molecule has 1 heterocycles. The molecule has 2 fully saturated rings. The van der Waals surface area contributed by atoms with Gasteiger partial charge in [-0.25, -0.2) is 5.06 Å². The molecule has 1 saturated heterocycles. The van der Waals surface area contributed by atoms with Crippen LogP contribution in [-0.2, 0) is 9.63 Å². The molecule has 0 N–H and O–H groups in total. The molecule has 94 valence electrons. The van der Waals surface area contributed by atoms with Gasteiger partial charge in [0.2, 0.25) is 0 Å². The minimum Gasteiger partial charge on any atom is -0.274 e. The average molecular weight is 238 g/mol. The van der Waals surface area contributed by atoms with E-state index >= 15 is 0 Å². The number of rotatable bonds is 3. The van der Waals surface area contributed by atoms with Crippen molar-refractivity contribution < 1.29 is 9.63 Å². The molecule has 2 rings (SSSR count). The largest absolute Gasteiger partial charge is 0.274 e. The molecule has 0 aromatic rings. The second-order valence-corrected chi connectivity index (χ2v) is 4.93. The summed E-state index contributed by atoms with van der Waals surface area (Å²) >= 11 is 0. The average Bonchev–Trinajstić information content (AvgIpc) is 2.61. The number of carbonyl (C=O) groups is 1. The molecule has 0 aromatic heterocycles. The highest BCUT2D eigenvalue weighted by atomic mass is 16.7. The summed E-state index contributed by atoms with van der Waals surface area (Å²) < 4.78 is 0. The van der Waals surface area contributed by atoms with Crippen LogP contribution in [-0.4, -0.2) is 30.7 Å². The number of hydrogen-bond acceptors (Lipinski definition) is 3. The molecular formula is C11H18N4O2. The molecule has 1 saturated carbocycles. The highest BCUT2D eigenvalue weighted by Gasteiger charge is 2.51. The maximum atomic E-state index is 12.4. The third-order valence-corrected chi connectivity index (χ3v) is 3.97. The lowest BCUT2D eigenvalue weighted by atomic mass is 9.72. The Morgan fingerprint density at radius 1 is 1.53 bits per heavy atom. The smallest absolute Gasteiger partial charge is 0.252 e. The summed E-state index contributed by atoms with van der Waals surface area (Å²) in [5.41, 5.74) is 8.12. The van der Waals surface area contributed by atoms with E-state index in [2.05, 4.69) is 10.0 Å². The molecule has 1 atom stereocenters. The summed E-state index contributed by atoms with van der Waals surface area (Å²) in [5, 5.41) is 4.99. The molecule has 1 aliphatic heterocycles. The number of amides is 1. The van der Waals surface area contributed by atoms with Crippen LogP contribution in [0.15, 0.2) is 5.11 Å². The van der Waals surface area contributed by atoms with E-state index in [1.165, 1.54) is 18.6 Å². The van der Waals surface area contributed by atoms with Gasteiger partial charge in [-0.15, -0.1) is 0 Å². The molecule has 1 aliphatic carbocycles. The Balaban J connectivity index is 2.15. The Kier molecular flexibility index (Phi) is 3.54. The molecule has 0 bridgehead atoms. The number of nitrogens with zero attached hydrogens (tertiary/aromatic N) is 4. The minimum absolute atomic E-state index is 0.0813. The molecular weight excluding hydrogens is 220 g/mol. The van der Waals surface area contributed by atoms with Crippen LogP contribution in [0.5, 0.6) is 0 Å². The van der Waals surface area contributed by atoms with Crippen molar-refractivity contribution in [2.75, 3.05) is 13.7 Å². The summed E-state index contributed by atoms with van der Waals surface area (Å²) in [5.74, 6) is 0.0813. The Hall–Kier alpha value is -1.26. The van der Waals surface area contributed by atoms with Crippen molar-refractivity contribution in [1.82, 2.24) is 5.06 Å². The van der Waals surface area contributed by atoms with E-state index in [0.717, 1.165) is 32.1 Å². The lowest BCUT2D eigenvalue weighted by molar-refractivity contribution is -0.182. The van der Waals surface area contributed by atoms with Crippen LogP contribution in [0.4, 0.5) is 0 Å². The van der Waals surface area contributed by atoms with Crippen LogP contribution in [0, 0.1) is 5.41 Å². The van der Waals surface area contributed by atoms with Crippen LogP contribution >= 0.6 is 0 Å². The van der Waals surface area contributed by atoms with Gasteiger partial charge in [0, 0.05) is 11.5 Å². The topological polar surface area (TPSA) is 78.3 Å². The van der Waals surface area contributed by atoms with Gasteiger partial charge >= 0.3 is 0 Å². The number of hydrogen-bond donors (Lipinski definition) is 0. The standard InChI is InChI=1S/C11H18N4O2/c1-17-15-9(8-13-14-12)7-11(10(15)16)5-3-2-4-6-11/h9H,2-8H2,1H3. The zero-order chi connectivity index (χ0) is 12.3. The fourth-order valence-corrected chi connectivity index (χ4v) is 3.17.